The lowest BCUT2D eigenvalue weighted by atomic mass is 10.1. The van der Waals surface area contributed by atoms with Crippen molar-refractivity contribution in [1.82, 2.24) is 0 Å². The van der Waals surface area contributed by atoms with Crippen molar-refractivity contribution in [3.05, 3.63) is 30.0 Å². The molecule has 1 aromatic carbocycles. The Morgan fingerprint density at radius 3 is 2.88 bits per heavy atom. The topological polar surface area (TPSA) is 63.0 Å². The molecule has 16 heavy (non-hydrogen) atoms. The number of ether oxygens (including phenoxy) is 1. The summed E-state index contributed by atoms with van der Waals surface area (Å²) in [5.74, 6) is 0.0320. The maximum Gasteiger partial charge on any atom is 0.198 e. The highest BCUT2D eigenvalue weighted by atomic mass is 16.6. The molecule has 0 unspecified atom stereocenters. The molecule has 4 heteroatoms. The zero-order chi connectivity index (χ0) is 11.3. The van der Waals surface area contributed by atoms with Gasteiger partial charge in [0.1, 0.15) is 23.7 Å². The Balaban J connectivity index is 2.09. The first-order chi connectivity index (χ1) is 7.66. The van der Waals surface area contributed by atoms with Crippen LogP contribution in [0.1, 0.15) is 17.3 Å². The highest BCUT2D eigenvalue weighted by Crippen LogP contribution is 2.31. The highest BCUT2D eigenvalue weighted by Gasteiger charge is 2.42. The number of furan rings is 1. The molecule has 0 bridgehead atoms. The monoisotopic (exact) mass is 218 g/mol. The normalized spacial score (nSPS) is 23.6. The Kier molecular flexibility index (Phi) is 1.82. The first kappa shape index (κ1) is 9.42. The third kappa shape index (κ3) is 1.31. The van der Waals surface area contributed by atoms with Crippen LogP contribution in [0.15, 0.2) is 28.9 Å². The molecular formula is C12H10O4. The van der Waals surface area contributed by atoms with Crippen molar-refractivity contribution in [2.45, 2.75) is 19.1 Å². The number of hydrogen-bond acceptors (Lipinski definition) is 4. The molecule has 0 amide bonds. The molecular weight excluding hydrogens is 208 g/mol. The van der Waals surface area contributed by atoms with Gasteiger partial charge in [-0.25, -0.2) is 0 Å². The summed E-state index contributed by atoms with van der Waals surface area (Å²) in [6, 6.07) is 4.69. The summed E-state index contributed by atoms with van der Waals surface area (Å²) in [5, 5.41) is 10.0. The molecule has 1 aliphatic rings. The molecule has 1 saturated heterocycles. The van der Waals surface area contributed by atoms with Gasteiger partial charge < -0.3 is 14.3 Å². The second-order valence-electron chi connectivity index (χ2n) is 3.96. The highest BCUT2D eigenvalue weighted by molar-refractivity contribution is 6.10. The number of carbonyl (C=O) groups excluding carboxylic acids is 1. The second kappa shape index (κ2) is 3.09. The number of aromatic hydroxyl groups is 1. The average molecular weight is 218 g/mol. The van der Waals surface area contributed by atoms with E-state index in [9.17, 15) is 9.90 Å². The smallest absolute Gasteiger partial charge is 0.198 e. The first-order valence-electron chi connectivity index (χ1n) is 5.07. The molecule has 1 N–H and O–H groups in total. The molecule has 3 rings (SSSR count). The lowest BCUT2D eigenvalue weighted by Gasteiger charge is -1.94. The minimum atomic E-state index is -0.358. The average Bonchev–Trinajstić information content (AvgIpc) is 2.85. The standard InChI is InChI=1S/C12H10O4/c1-6-12(16-6)11(14)9-5-15-10-3-2-7(13)4-8(9)10/h2-6,12-13H,1H3/t6-,12+/m0/s1. The van der Waals surface area contributed by atoms with Gasteiger partial charge in [0.2, 0.25) is 0 Å². The molecule has 0 saturated carbocycles. The summed E-state index contributed by atoms with van der Waals surface area (Å²) in [6.07, 6.45) is 1.04. The van der Waals surface area contributed by atoms with Crippen LogP contribution in [0.5, 0.6) is 5.75 Å². The van der Waals surface area contributed by atoms with Crippen molar-refractivity contribution in [2.75, 3.05) is 0 Å². The van der Waals surface area contributed by atoms with Crippen molar-refractivity contribution >= 4 is 16.8 Å². The van der Waals surface area contributed by atoms with Gasteiger partial charge in [0.05, 0.1) is 11.7 Å². The van der Waals surface area contributed by atoms with Gasteiger partial charge in [0.25, 0.3) is 0 Å². The third-order valence-corrected chi connectivity index (χ3v) is 2.79. The number of Topliss-reactive ketones (excluding diaryl/α,β-unsaturated/α-hetero) is 1. The van der Waals surface area contributed by atoms with Crippen LogP contribution in [0.2, 0.25) is 0 Å². The lowest BCUT2D eigenvalue weighted by molar-refractivity contribution is 0.0954. The third-order valence-electron chi connectivity index (χ3n) is 2.79. The van der Waals surface area contributed by atoms with Crippen molar-refractivity contribution < 1.29 is 19.1 Å². The maximum absolute atomic E-state index is 11.9. The van der Waals surface area contributed by atoms with E-state index in [1.807, 2.05) is 6.92 Å². The predicted octanol–water partition coefficient (Wildman–Crippen LogP) is 2.11. The van der Waals surface area contributed by atoms with Crippen molar-refractivity contribution in [3.8, 4) is 5.75 Å². The minimum absolute atomic E-state index is 0.0187. The predicted molar refractivity (Wildman–Crippen MR) is 56.5 cm³/mol. The van der Waals surface area contributed by atoms with Gasteiger partial charge in [-0.3, -0.25) is 4.79 Å². The Morgan fingerprint density at radius 1 is 1.44 bits per heavy atom. The Morgan fingerprint density at radius 2 is 2.19 bits per heavy atom. The van der Waals surface area contributed by atoms with E-state index in [-0.39, 0.29) is 23.7 Å². The van der Waals surface area contributed by atoms with Gasteiger partial charge in [-0.2, -0.15) is 0 Å². The summed E-state index contributed by atoms with van der Waals surface area (Å²) < 4.78 is 10.4. The number of benzene rings is 1. The van der Waals surface area contributed by atoms with E-state index in [4.69, 9.17) is 9.15 Å². The van der Waals surface area contributed by atoms with Crippen LogP contribution in [0.25, 0.3) is 11.0 Å². The van der Waals surface area contributed by atoms with E-state index in [1.54, 1.807) is 6.07 Å². The molecule has 1 aliphatic heterocycles. The van der Waals surface area contributed by atoms with Crippen molar-refractivity contribution in [2.24, 2.45) is 0 Å². The van der Waals surface area contributed by atoms with E-state index < -0.39 is 0 Å². The number of phenolic OH excluding ortho intramolecular Hbond substituents is 1. The van der Waals surface area contributed by atoms with E-state index >= 15 is 0 Å². The number of carbonyl (C=O) groups is 1. The fourth-order valence-corrected chi connectivity index (χ4v) is 1.82. The summed E-state index contributed by atoms with van der Waals surface area (Å²) in [6.45, 7) is 1.85. The van der Waals surface area contributed by atoms with Crippen LogP contribution < -0.4 is 0 Å². The summed E-state index contributed by atoms with van der Waals surface area (Å²) in [4.78, 5) is 11.9. The van der Waals surface area contributed by atoms with Gasteiger partial charge in [0, 0.05) is 5.39 Å². The van der Waals surface area contributed by atoms with Crippen LogP contribution in [-0.2, 0) is 4.74 Å². The minimum Gasteiger partial charge on any atom is -0.508 e. The quantitative estimate of drug-likeness (QED) is 0.619. The number of phenols is 1. The second-order valence-corrected chi connectivity index (χ2v) is 3.96. The number of hydrogen-bond donors (Lipinski definition) is 1. The molecule has 4 nitrogen and oxygen atoms in total. The van der Waals surface area contributed by atoms with Gasteiger partial charge >= 0.3 is 0 Å². The van der Waals surface area contributed by atoms with Crippen molar-refractivity contribution in [3.63, 3.8) is 0 Å². The fourth-order valence-electron chi connectivity index (χ4n) is 1.82. The van der Waals surface area contributed by atoms with Gasteiger partial charge in [-0.05, 0) is 25.1 Å². The maximum atomic E-state index is 11.9. The van der Waals surface area contributed by atoms with Crippen LogP contribution in [0.4, 0.5) is 0 Å². The number of fused-ring (bicyclic) bond motifs is 1. The molecule has 0 radical (unpaired) electrons. The van der Waals surface area contributed by atoms with Gasteiger partial charge in [0.15, 0.2) is 5.78 Å². The van der Waals surface area contributed by atoms with E-state index in [1.165, 1.54) is 18.4 Å². The van der Waals surface area contributed by atoms with Crippen LogP contribution in [-0.4, -0.2) is 23.1 Å². The van der Waals surface area contributed by atoms with E-state index in [0.717, 1.165) is 0 Å². The Hall–Kier alpha value is -1.81. The van der Waals surface area contributed by atoms with Crippen LogP contribution in [0.3, 0.4) is 0 Å². The summed E-state index contributed by atoms with van der Waals surface area (Å²) in [5.41, 5.74) is 1.06. The van der Waals surface area contributed by atoms with E-state index in [2.05, 4.69) is 0 Å². The molecule has 0 spiro atoms. The zero-order valence-corrected chi connectivity index (χ0v) is 8.64. The zero-order valence-electron chi connectivity index (χ0n) is 8.64. The van der Waals surface area contributed by atoms with Gasteiger partial charge in [-0.15, -0.1) is 0 Å². The molecule has 0 aliphatic carbocycles. The van der Waals surface area contributed by atoms with E-state index in [0.29, 0.717) is 16.5 Å². The van der Waals surface area contributed by atoms with Gasteiger partial charge in [-0.1, -0.05) is 0 Å². The first-order valence-corrected chi connectivity index (χ1v) is 5.07. The molecule has 2 aromatic rings. The molecule has 2 atom stereocenters. The summed E-state index contributed by atoms with van der Waals surface area (Å²) in [7, 11) is 0. The molecule has 1 aromatic heterocycles. The number of rotatable bonds is 2. The number of epoxide rings is 1. The molecule has 1 fully saturated rings. The Bertz CT molecular complexity index is 569. The Labute approximate surface area is 91.4 Å². The fraction of sp³-hybridized carbons (Fsp3) is 0.250. The van der Waals surface area contributed by atoms with Crippen LogP contribution >= 0.6 is 0 Å². The molecule has 82 valence electrons. The van der Waals surface area contributed by atoms with Crippen LogP contribution in [0, 0.1) is 0 Å². The lowest BCUT2D eigenvalue weighted by Crippen LogP contribution is -2.08. The summed E-state index contributed by atoms with van der Waals surface area (Å²) >= 11 is 0. The SMILES string of the molecule is C[C@@H]1O[C@H]1C(=O)c1coc2ccc(O)cc12. The largest absolute Gasteiger partial charge is 0.508 e. The van der Waals surface area contributed by atoms with Crippen molar-refractivity contribution in [1.29, 1.82) is 0 Å². The molecule has 2 heterocycles. The number of ketones is 1.